The molecule has 0 radical (unpaired) electrons. The van der Waals surface area contributed by atoms with E-state index in [4.69, 9.17) is 4.52 Å². The molecular formula is C26H31F3N8O3. The third-order valence-corrected chi connectivity index (χ3v) is 6.52. The summed E-state index contributed by atoms with van der Waals surface area (Å²) in [5, 5.41) is 12.5. The molecule has 1 aliphatic carbocycles. The van der Waals surface area contributed by atoms with Crippen LogP contribution in [0.4, 0.5) is 35.2 Å². The molecule has 11 nitrogen and oxygen atoms in total. The molecule has 3 aromatic rings. The van der Waals surface area contributed by atoms with E-state index in [0.717, 1.165) is 44.4 Å². The third-order valence-electron chi connectivity index (χ3n) is 6.52. The monoisotopic (exact) mass is 560 g/mol. The molecule has 14 heteroatoms. The minimum absolute atomic E-state index is 0.0191. The molecule has 1 aliphatic rings. The van der Waals surface area contributed by atoms with Crippen molar-refractivity contribution in [3.8, 4) is 0 Å². The van der Waals surface area contributed by atoms with Crippen LogP contribution in [0.2, 0.25) is 0 Å². The first kappa shape index (κ1) is 28.9. The van der Waals surface area contributed by atoms with Crippen LogP contribution in [-0.4, -0.2) is 52.7 Å². The Morgan fingerprint density at radius 1 is 1.10 bits per heavy atom. The van der Waals surface area contributed by atoms with Crippen LogP contribution in [0.1, 0.15) is 49.4 Å². The molecule has 214 valence electrons. The van der Waals surface area contributed by atoms with Gasteiger partial charge in [-0.25, -0.2) is 0 Å². The number of carbonyl (C=O) groups is 2. The van der Waals surface area contributed by atoms with Crippen LogP contribution < -0.4 is 15.3 Å². The highest BCUT2D eigenvalue weighted by molar-refractivity contribution is 6.04. The highest BCUT2D eigenvalue weighted by Crippen LogP contribution is 2.34. The highest BCUT2D eigenvalue weighted by atomic mass is 19.4. The van der Waals surface area contributed by atoms with Crippen LogP contribution in [0.5, 0.6) is 0 Å². The van der Waals surface area contributed by atoms with Gasteiger partial charge in [0, 0.05) is 50.1 Å². The standard InChI is InChI=1S/C26H31F3N8O3/c1-36(2)15-17-3-6-22(7-4-17)37-16-24(40-35-37)34-25(39)33-21-12-18(26(27,28)29)11-20(13-21)32-23(38)8-5-19-14-30-9-10-31-19/h9-14,16-17,22H,3-8,15H2,1-2H3,(H2-,32,33,34,35,38,39). The molecule has 2 aromatic heterocycles. The molecule has 4 rings (SSSR count). The number of halogens is 3. The van der Waals surface area contributed by atoms with Crippen LogP contribution in [0.25, 0.3) is 5.32 Å². The van der Waals surface area contributed by atoms with Crippen molar-refractivity contribution >= 4 is 29.2 Å². The van der Waals surface area contributed by atoms with Crippen molar-refractivity contribution in [3.05, 3.63) is 59.6 Å². The van der Waals surface area contributed by atoms with Crippen LogP contribution in [0.15, 0.2) is 47.5 Å². The number of hydrogen-bond donors (Lipinski definition) is 2. The number of nitrogens with zero attached hydrogens (tertiary/aromatic N) is 6. The van der Waals surface area contributed by atoms with Crippen LogP contribution in [0.3, 0.4) is 0 Å². The summed E-state index contributed by atoms with van der Waals surface area (Å²) in [6.07, 6.45) is 5.44. The summed E-state index contributed by atoms with van der Waals surface area (Å²) in [7, 11) is 4.10. The van der Waals surface area contributed by atoms with E-state index in [9.17, 15) is 22.8 Å². The first-order chi connectivity index (χ1) is 19.0. The first-order valence-corrected chi connectivity index (χ1v) is 12.9. The van der Waals surface area contributed by atoms with Crippen molar-refractivity contribution in [2.45, 2.75) is 50.7 Å². The number of aryl methyl sites for hydroxylation is 1. The van der Waals surface area contributed by atoms with E-state index in [1.54, 1.807) is 4.68 Å². The minimum Gasteiger partial charge on any atom is -0.424 e. The Morgan fingerprint density at radius 3 is 2.48 bits per heavy atom. The molecule has 0 spiro atoms. The Bertz CT molecular complexity index is 1290. The Balaban J connectivity index is 1.35. The maximum Gasteiger partial charge on any atom is 0.416 e. The fourth-order valence-corrected chi connectivity index (χ4v) is 4.69. The summed E-state index contributed by atoms with van der Waals surface area (Å²) in [5.74, 6) is 0.0281. The van der Waals surface area contributed by atoms with E-state index in [1.807, 2.05) is 0 Å². The normalized spacial score (nSPS) is 17.4. The van der Waals surface area contributed by atoms with Gasteiger partial charge < -0.3 is 25.4 Å². The molecule has 0 bridgehead atoms. The minimum atomic E-state index is -4.71. The summed E-state index contributed by atoms with van der Waals surface area (Å²) in [5.41, 5.74) is -0.796. The van der Waals surface area contributed by atoms with Gasteiger partial charge in [-0.05, 0) is 63.2 Å². The lowest BCUT2D eigenvalue weighted by Crippen LogP contribution is -2.43. The fourth-order valence-electron chi connectivity index (χ4n) is 4.69. The zero-order valence-corrected chi connectivity index (χ0v) is 22.2. The molecular weight excluding hydrogens is 529 g/mol. The second kappa shape index (κ2) is 12.9. The summed E-state index contributed by atoms with van der Waals surface area (Å²) in [4.78, 5) is 35.0. The summed E-state index contributed by atoms with van der Waals surface area (Å²) in [6.45, 7) is 1.03. The number of carbonyl (C=O) groups excluding carboxylic acids is 2. The summed E-state index contributed by atoms with van der Waals surface area (Å²) in [6, 6.07) is 1.94. The number of alkyl halides is 3. The lowest BCUT2D eigenvalue weighted by Gasteiger charge is -2.26. The number of aromatic nitrogens is 4. The number of anilines is 2. The molecule has 0 unspecified atom stereocenters. The van der Waals surface area contributed by atoms with Gasteiger partial charge >= 0.3 is 6.18 Å². The van der Waals surface area contributed by atoms with E-state index >= 15 is 0 Å². The third kappa shape index (κ3) is 8.46. The fraction of sp³-hybridized carbons (Fsp3) is 0.462. The predicted octanol–water partition coefficient (Wildman–Crippen LogP) is 4.87. The smallest absolute Gasteiger partial charge is 0.416 e. The molecule has 1 saturated carbocycles. The molecule has 40 heavy (non-hydrogen) atoms. The van der Waals surface area contributed by atoms with E-state index in [2.05, 4.69) is 50.2 Å². The highest BCUT2D eigenvalue weighted by Gasteiger charge is 2.32. The molecule has 1 aromatic carbocycles. The average molecular weight is 561 g/mol. The van der Waals surface area contributed by atoms with Crippen LogP contribution in [0, 0.1) is 5.92 Å². The number of amides is 3. The van der Waals surface area contributed by atoms with Gasteiger partial charge in [-0.2, -0.15) is 13.2 Å². The van der Waals surface area contributed by atoms with Crippen molar-refractivity contribution in [2.75, 3.05) is 31.3 Å². The molecule has 0 atom stereocenters. The topological polar surface area (TPSA) is 131 Å². The van der Waals surface area contributed by atoms with Gasteiger partial charge in [-0.1, -0.05) is 4.68 Å². The largest absolute Gasteiger partial charge is 0.424 e. The van der Waals surface area contributed by atoms with Crippen molar-refractivity contribution < 1.29 is 32.0 Å². The zero-order chi connectivity index (χ0) is 28.7. The number of hydrogen-bond acceptors (Lipinski definition) is 7. The molecule has 0 aliphatic heterocycles. The maximum absolute atomic E-state index is 13.5. The van der Waals surface area contributed by atoms with Gasteiger partial charge in [0.25, 0.3) is 0 Å². The Labute approximate surface area is 229 Å². The van der Waals surface area contributed by atoms with Gasteiger partial charge in [-0.3, -0.25) is 19.6 Å². The van der Waals surface area contributed by atoms with Gasteiger partial charge in [0.1, 0.15) is 0 Å². The van der Waals surface area contributed by atoms with Crippen molar-refractivity contribution in [1.82, 2.24) is 20.1 Å². The lowest BCUT2D eigenvalue weighted by molar-refractivity contribution is -0.787. The predicted molar refractivity (Wildman–Crippen MR) is 139 cm³/mol. The van der Waals surface area contributed by atoms with Crippen LogP contribution in [-0.2, 0) is 17.4 Å². The van der Waals surface area contributed by atoms with Gasteiger partial charge in [0.15, 0.2) is 17.3 Å². The van der Waals surface area contributed by atoms with E-state index in [1.165, 1.54) is 30.9 Å². The molecule has 3 amide bonds. The van der Waals surface area contributed by atoms with E-state index < -0.39 is 23.7 Å². The number of urea groups is 1. The van der Waals surface area contributed by atoms with E-state index in [0.29, 0.717) is 11.6 Å². The van der Waals surface area contributed by atoms with Gasteiger partial charge in [0.05, 0.1) is 11.3 Å². The number of nitrogens with one attached hydrogen (secondary N) is 2. The summed E-state index contributed by atoms with van der Waals surface area (Å²) < 4.78 is 47.3. The molecule has 0 saturated heterocycles. The quantitative estimate of drug-likeness (QED) is 0.357. The zero-order valence-electron chi connectivity index (χ0n) is 22.2. The number of benzene rings is 1. The molecule has 2 heterocycles. The van der Waals surface area contributed by atoms with Gasteiger partial charge in [0.2, 0.25) is 18.0 Å². The Hall–Kier alpha value is -4.07. The van der Waals surface area contributed by atoms with Gasteiger partial charge in [-0.15, -0.1) is 0 Å². The number of rotatable bonds is 9. The maximum atomic E-state index is 13.5. The molecule has 1 fully saturated rings. The lowest BCUT2D eigenvalue weighted by atomic mass is 9.86. The second-order valence-corrected chi connectivity index (χ2v) is 10.0. The second-order valence-electron chi connectivity index (χ2n) is 10.0. The van der Waals surface area contributed by atoms with E-state index in [-0.39, 0.29) is 36.1 Å². The Morgan fingerprint density at radius 2 is 1.82 bits per heavy atom. The van der Waals surface area contributed by atoms with Crippen molar-refractivity contribution in [1.29, 1.82) is 0 Å². The average Bonchev–Trinajstić information content (AvgIpc) is 3.35. The van der Waals surface area contributed by atoms with Crippen molar-refractivity contribution in [3.63, 3.8) is 0 Å². The summed E-state index contributed by atoms with van der Waals surface area (Å²) >= 11 is 0. The van der Waals surface area contributed by atoms with Crippen LogP contribution >= 0.6 is 0 Å². The Kier molecular flexibility index (Phi) is 9.30. The van der Waals surface area contributed by atoms with Crippen molar-refractivity contribution in [2.24, 2.45) is 5.92 Å². The molecule has 2 N–H and O–H groups in total. The SMILES string of the molecule is CN(C)CC1CCC([n+]2cc([N-]C(=O)Nc3cc(NC(=O)CCc4cnccn4)cc(C(F)(F)F)c3)on2)CC1. The first-order valence-electron chi connectivity index (χ1n) is 12.9.